The molecule has 1 fully saturated rings. The van der Waals surface area contributed by atoms with Gasteiger partial charge in [-0.25, -0.2) is 13.1 Å². The van der Waals surface area contributed by atoms with Crippen LogP contribution in [0.25, 0.3) is 0 Å². The zero-order valence-electron chi connectivity index (χ0n) is 12.1. The molecule has 0 heterocycles. The molecule has 2 unspecified atom stereocenters. The Morgan fingerprint density at radius 2 is 1.95 bits per heavy atom. The zero-order valence-corrected chi connectivity index (χ0v) is 12.9. The minimum absolute atomic E-state index is 0.193. The van der Waals surface area contributed by atoms with Crippen LogP contribution in [0.1, 0.15) is 38.2 Å². The number of carboxylic acid groups (broad SMARTS) is 1. The highest BCUT2D eigenvalue weighted by molar-refractivity contribution is 7.89. The average Bonchev–Trinajstić information content (AvgIpc) is 2.87. The molecule has 21 heavy (non-hydrogen) atoms. The normalized spacial score (nSPS) is 22.3. The van der Waals surface area contributed by atoms with Gasteiger partial charge in [0.1, 0.15) is 0 Å². The van der Waals surface area contributed by atoms with E-state index in [9.17, 15) is 13.2 Å². The molecule has 0 aromatic heterocycles. The van der Waals surface area contributed by atoms with Crippen molar-refractivity contribution in [1.29, 1.82) is 0 Å². The lowest BCUT2D eigenvalue weighted by molar-refractivity contribution is -0.141. The van der Waals surface area contributed by atoms with Gasteiger partial charge in [-0.15, -0.1) is 0 Å². The molecular weight excluding hydrogens is 290 g/mol. The smallest absolute Gasteiger partial charge is 0.308 e. The second-order valence-corrected chi connectivity index (χ2v) is 7.21. The summed E-state index contributed by atoms with van der Waals surface area (Å²) in [6.45, 7) is 2.07. The lowest BCUT2D eigenvalue weighted by Crippen LogP contribution is -2.40. The molecule has 5 nitrogen and oxygen atoms in total. The quantitative estimate of drug-likeness (QED) is 0.843. The third kappa shape index (κ3) is 3.83. The summed E-state index contributed by atoms with van der Waals surface area (Å²) in [6, 6.07) is 6.27. The highest BCUT2D eigenvalue weighted by Gasteiger charge is 2.35. The van der Waals surface area contributed by atoms with Crippen LogP contribution in [-0.2, 0) is 21.2 Å². The Bertz CT molecular complexity index is 595. The zero-order chi connectivity index (χ0) is 15.5. The molecular formula is C15H21NO4S. The van der Waals surface area contributed by atoms with Crippen LogP contribution in [-0.4, -0.2) is 25.5 Å². The molecule has 1 aliphatic carbocycles. The molecule has 2 N–H and O–H groups in total. The maximum Gasteiger partial charge on any atom is 0.308 e. The first-order valence-electron chi connectivity index (χ1n) is 7.28. The van der Waals surface area contributed by atoms with E-state index in [4.69, 9.17) is 5.11 Å². The van der Waals surface area contributed by atoms with Gasteiger partial charge < -0.3 is 5.11 Å². The number of hydrogen-bond acceptors (Lipinski definition) is 3. The first kappa shape index (κ1) is 16.0. The number of carboxylic acids is 1. The molecule has 6 heteroatoms. The minimum Gasteiger partial charge on any atom is -0.481 e. The number of sulfonamides is 1. The van der Waals surface area contributed by atoms with Crippen molar-refractivity contribution in [3.63, 3.8) is 0 Å². The van der Waals surface area contributed by atoms with E-state index in [-0.39, 0.29) is 4.90 Å². The third-order valence-electron chi connectivity index (χ3n) is 3.91. The average molecular weight is 311 g/mol. The van der Waals surface area contributed by atoms with Gasteiger partial charge in [0.25, 0.3) is 0 Å². The number of carbonyl (C=O) groups is 1. The summed E-state index contributed by atoms with van der Waals surface area (Å²) in [7, 11) is -3.66. The Hall–Kier alpha value is -1.40. The second-order valence-electron chi connectivity index (χ2n) is 5.50. The summed E-state index contributed by atoms with van der Waals surface area (Å²) in [5.41, 5.74) is 1.10. The van der Waals surface area contributed by atoms with Gasteiger partial charge in [0.15, 0.2) is 0 Å². The summed E-state index contributed by atoms with van der Waals surface area (Å²) in [4.78, 5) is 11.3. The number of aryl methyl sites for hydroxylation is 1. The Kier molecular flexibility index (Phi) is 5.00. The van der Waals surface area contributed by atoms with Crippen LogP contribution in [0.15, 0.2) is 29.2 Å². The standard InChI is InChI=1S/C15H21NO4S/c1-2-4-11-7-9-12(10-8-11)21(19,20)16-14-6-3-5-13(14)15(17)18/h7-10,13-14,16H,2-6H2,1H3,(H,17,18). The maximum absolute atomic E-state index is 12.3. The lowest BCUT2D eigenvalue weighted by atomic mass is 10.1. The Morgan fingerprint density at radius 1 is 1.29 bits per heavy atom. The summed E-state index contributed by atoms with van der Waals surface area (Å²) in [5.74, 6) is -1.56. The number of benzene rings is 1. The molecule has 0 bridgehead atoms. The molecule has 1 saturated carbocycles. The Morgan fingerprint density at radius 3 is 2.52 bits per heavy atom. The van der Waals surface area contributed by atoms with Crippen molar-refractivity contribution < 1.29 is 18.3 Å². The molecule has 0 saturated heterocycles. The molecule has 0 spiro atoms. The van der Waals surface area contributed by atoms with Gasteiger partial charge in [-0.1, -0.05) is 31.9 Å². The highest BCUT2D eigenvalue weighted by atomic mass is 32.2. The van der Waals surface area contributed by atoms with Crippen LogP contribution in [0, 0.1) is 5.92 Å². The van der Waals surface area contributed by atoms with Crippen molar-refractivity contribution in [2.24, 2.45) is 5.92 Å². The SMILES string of the molecule is CCCc1ccc(S(=O)(=O)NC2CCCC2C(=O)O)cc1. The second kappa shape index (κ2) is 6.58. The highest BCUT2D eigenvalue weighted by Crippen LogP contribution is 2.27. The van der Waals surface area contributed by atoms with Crippen molar-refractivity contribution in [3.05, 3.63) is 29.8 Å². The molecule has 0 aliphatic heterocycles. The fraction of sp³-hybridized carbons (Fsp3) is 0.533. The Balaban J connectivity index is 2.12. The van der Waals surface area contributed by atoms with Crippen LogP contribution in [0.3, 0.4) is 0 Å². The molecule has 0 radical (unpaired) electrons. The molecule has 2 rings (SSSR count). The number of rotatable bonds is 6. The van der Waals surface area contributed by atoms with E-state index in [0.29, 0.717) is 12.8 Å². The van der Waals surface area contributed by atoms with Gasteiger partial charge in [0, 0.05) is 6.04 Å². The third-order valence-corrected chi connectivity index (χ3v) is 5.42. The van der Waals surface area contributed by atoms with Crippen molar-refractivity contribution in [2.75, 3.05) is 0 Å². The van der Waals surface area contributed by atoms with Crippen LogP contribution >= 0.6 is 0 Å². The summed E-state index contributed by atoms with van der Waals surface area (Å²) < 4.78 is 27.2. The molecule has 116 valence electrons. The van der Waals surface area contributed by atoms with Crippen molar-refractivity contribution >= 4 is 16.0 Å². The molecule has 1 aliphatic rings. The van der Waals surface area contributed by atoms with Crippen molar-refractivity contribution in [3.8, 4) is 0 Å². The predicted octanol–water partition coefficient (Wildman–Crippen LogP) is 2.17. The minimum atomic E-state index is -3.66. The summed E-state index contributed by atoms with van der Waals surface area (Å²) in [5, 5.41) is 9.11. The molecule has 1 aromatic rings. The fourth-order valence-electron chi connectivity index (χ4n) is 2.79. The first-order valence-corrected chi connectivity index (χ1v) is 8.76. The van der Waals surface area contributed by atoms with Crippen LogP contribution in [0.4, 0.5) is 0 Å². The van der Waals surface area contributed by atoms with Crippen molar-refractivity contribution in [2.45, 2.75) is 50.0 Å². The van der Waals surface area contributed by atoms with E-state index in [1.165, 1.54) is 0 Å². The largest absolute Gasteiger partial charge is 0.481 e. The fourth-order valence-corrected chi connectivity index (χ4v) is 4.10. The van der Waals surface area contributed by atoms with E-state index in [0.717, 1.165) is 24.8 Å². The predicted molar refractivity (Wildman–Crippen MR) is 79.5 cm³/mol. The van der Waals surface area contributed by atoms with Gasteiger partial charge in [0.2, 0.25) is 10.0 Å². The van der Waals surface area contributed by atoms with E-state index in [1.54, 1.807) is 24.3 Å². The van der Waals surface area contributed by atoms with Gasteiger partial charge in [0.05, 0.1) is 10.8 Å². The van der Waals surface area contributed by atoms with Gasteiger partial charge in [-0.2, -0.15) is 0 Å². The van der Waals surface area contributed by atoms with E-state index < -0.39 is 28.0 Å². The topological polar surface area (TPSA) is 83.5 Å². The maximum atomic E-state index is 12.3. The molecule has 0 amide bonds. The number of aliphatic carboxylic acids is 1. The monoisotopic (exact) mass is 311 g/mol. The molecule has 2 atom stereocenters. The van der Waals surface area contributed by atoms with Gasteiger partial charge in [-0.3, -0.25) is 4.79 Å². The lowest BCUT2D eigenvalue weighted by Gasteiger charge is -2.17. The Labute approximate surface area is 125 Å². The molecule has 1 aromatic carbocycles. The summed E-state index contributed by atoms with van der Waals surface area (Å²) in [6.07, 6.45) is 3.76. The number of hydrogen-bond donors (Lipinski definition) is 2. The summed E-state index contributed by atoms with van der Waals surface area (Å²) >= 11 is 0. The van der Waals surface area contributed by atoms with E-state index >= 15 is 0 Å². The van der Waals surface area contributed by atoms with Crippen LogP contribution < -0.4 is 4.72 Å². The van der Waals surface area contributed by atoms with Gasteiger partial charge >= 0.3 is 5.97 Å². The van der Waals surface area contributed by atoms with Crippen LogP contribution in [0.2, 0.25) is 0 Å². The van der Waals surface area contributed by atoms with E-state index in [2.05, 4.69) is 11.6 Å². The van der Waals surface area contributed by atoms with Crippen molar-refractivity contribution in [1.82, 2.24) is 4.72 Å². The van der Waals surface area contributed by atoms with E-state index in [1.807, 2.05) is 0 Å². The number of nitrogens with one attached hydrogen (secondary N) is 1. The van der Waals surface area contributed by atoms with Crippen LogP contribution in [0.5, 0.6) is 0 Å². The first-order chi connectivity index (χ1) is 9.94. The van der Waals surface area contributed by atoms with Gasteiger partial charge in [-0.05, 0) is 37.0 Å².